The van der Waals surface area contributed by atoms with Crippen molar-refractivity contribution in [3.8, 4) is 5.75 Å². The Morgan fingerprint density at radius 1 is 1.04 bits per heavy atom. The van der Waals surface area contributed by atoms with E-state index in [1.54, 1.807) is 0 Å². The molecule has 0 unspecified atom stereocenters. The molecule has 4 rings (SSSR count). The van der Waals surface area contributed by atoms with Gasteiger partial charge in [0, 0.05) is 38.8 Å². The van der Waals surface area contributed by atoms with Crippen LogP contribution in [0.25, 0.3) is 0 Å². The summed E-state index contributed by atoms with van der Waals surface area (Å²) >= 11 is 0. The fourth-order valence-electron chi connectivity index (χ4n) is 3.99. The summed E-state index contributed by atoms with van der Waals surface area (Å²) in [4.78, 5) is 6.98. The maximum absolute atomic E-state index is 5.96. The van der Waals surface area contributed by atoms with Gasteiger partial charge in [-0.15, -0.1) is 0 Å². The van der Waals surface area contributed by atoms with Crippen LogP contribution < -0.4 is 15.0 Å². The molecule has 2 aliphatic heterocycles. The van der Waals surface area contributed by atoms with Gasteiger partial charge in [0.05, 0.1) is 0 Å². The van der Waals surface area contributed by atoms with Gasteiger partial charge < -0.3 is 15.0 Å². The maximum Gasteiger partial charge on any atom is 0.128 e. The van der Waals surface area contributed by atoms with Gasteiger partial charge in [0.1, 0.15) is 17.2 Å². The van der Waals surface area contributed by atoms with E-state index in [0.29, 0.717) is 0 Å². The highest BCUT2D eigenvalue weighted by Crippen LogP contribution is 2.35. The topological polar surface area (TPSA) is 37.4 Å². The molecule has 1 fully saturated rings. The van der Waals surface area contributed by atoms with Crippen LogP contribution in [0, 0.1) is 0 Å². The Labute approximate surface area is 156 Å². The summed E-state index contributed by atoms with van der Waals surface area (Å²) < 4.78 is 5.96. The zero-order valence-electron chi connectivity index (χ0n) is 15.9. The van der Waals surface area contributed by atoms with Gasteiger partial charge in [0.2, 0.25) is 0 Å². The van der Waals surface area contributed by atoms with Gasteiger partial charge in [-0.3, -0.25) is 0 Å². The van der Waals surface area contributed by atoms with Gasteiger partial charge >= 0.3 is 0 Å². The Morgan fingerprint density at radius 3 is 2.62 bits per heavy atom. The number of hydrogen-bond donors (Lipinski definition) is 1. The Kier molecular flexibility index (Phi) is 4.86. The molecule has 0 aliphatic carbocycles. The molecule has 0 saturated carbocycles. The number of hydrogen-bond acceptors (Lipinski definition) is 4. The van der Waals surface area contributed by atoms with Crippen LogP contribution in [0.15, 0.2) is 36.5 Å². The van der Waals surface area contributed by atoms with E-state index in [1.165, 1.54) is 36.0 Å². The van der Waals surface area contributed by atoms with E-state index in [9.17, 15) is 0 Å². The first-order valence-corrected chi connectivity index (χ1v) is 9.80. The minimum Gasteiger partial charge on any atom is -0.487 e. The predicted octanol–water partition coefficient (Wildman–Crippen LogP) is 4.08. The summed E-state index contributed by atoms with van der Waals surface area (Å²) in [5.74, 6) is 2.17. The number of piperidine rings is 1. The third-order valence-electron chi connectivity index (χ3n) is 5.28. The predicted molar refractivity (Wildman–Crippen MR) is 106 cm³/mol. The summed E-state index contributed by atoms with van der Waals surface area (Å²) in [6, 6.07) is 10.9. The lowest BCUT2D eigenvalue weighted by molar-refractivity contribution is 0.138. The first kappa shape index (κ1) is 17.3. The average Bonchev–Trinajstić information content (AvgIpc) is 2.96. The second-order valence-corrected chi connectivity index (χ2v) is 8.15. The molecule has 0 spiro atoms. The molecular formula is C22H29N3O. The molecule has 26 heavy (non-hydrogen) atoms. The summed E-state index contributed by atoms with van der Waals surface area (Å²) in [6.45, 7) is 8.30. The molecule has 3 heterocycles. The average molecular weight is 351 g/mol. The number of nitrogens with zero attached hydrogens (tertiary/aromatic N) is 2. The molecule has 1 aromatic carbocycles. The van der Waals surface area contributed by atoms with E-state index in [0.717, 1.165) is 44.2 Å². The second-order valence-electron chi connectivity index (χ2n) is 8.15. The molecule has 1 saturated heterocycles. The molecule has 4 heteroatoms. The molecule has 0 atom stereocenters. The van der Waals surface area contributed by atoms with Crippen LogP contribution in [0.5, 0.6) is 5.75 Å². The van der Waals surface area contributed by atoms with Gasteiger partial charge in [-0.2, -0.15) is 0 Å². The minimum atomic E-state index is -0.0731. The van der Waals surface area contributed by atoms with E-state index in [1.807, 2.05) is 6.20 Å². The van der Waals surface area contributed by atoms with E-state index < -0.39 is 0 Å². The zero-order valence-corrected chi connectivity index (χ0v) is 15.9. The van der Waals surface area contributed by atoms with E-state index in [4.69, 9.17) is 4.74 Å². The summed E-state index contributed by atoms with van der Waals surface area (Å²) in [6.07, 6.45) is 6.84. The van der Waals surface area contributed by atoms with Crippen LogP contribution in [-0.4, -0.2) is 23.7 Å². The van der Waals surface area contributed by atoms with Gasteiger partial charge in [-0.05, 0) is 68.0 Å². The summed E-state index contributed by atoms with van der Waals surface area (Å²) in [5, 5.41) is 3.57. The molecular weight excluding hydrogens is 322 g/mol. The zero-order chi connectivity index (χ0) is 18.0. The highest BCUT2D eigenvalue weighted by molar-refractivity contribution is 5.42. The fraction of sp³-hybridized carbons (Fsp3) is 0.500. The number of fused-ring (bicyclic) bond motifs is 1. The minimum absolute atomic E-state index is 0.0731. The van der Waals surface area contributed by atoms with Crippen molar-refractivity contribution in [2.24, 2.45) is 0 Å². The Morgan fingerprint density at radius 2 is 1.81 bits per heavy atom. The molecule has 1 aromatic heterocycles. The molecule has 1 N–H and O–H groups in total. The van der Waals surface area contributed by atoms with Crippen LogP contribution >= 0.6 is 0 Å². The Bertz CT molecular complexity index is 766. The van der Waals surface area contributed by atoms with Gasteiger partial charge in [0.15, 0.2) is 0 Å². The maximum atomic E-state index is 5.96. The van der Waals surface area contributed by atoms with E-state index >= 15 is 0 Å². The standard InChI is InChI=1S/C22H29N3O/c1-22(2)14-19-12-17(6-7-20(19)26-22)15-23-16-18-8-9-24-21(13-18)25-10-4-3-5-11-25/h6-9,12-13,23H,3-5,10-11,14-16H2,1-2H3. The van der Waals surface area contributed by atoms with Crippen molar-refractivity contribution in [2.75, 3.05) is 18.0 Å². The molecule has 2 aromatic rings. The van der Waals surface area contributed by atoms with E-state index in [2.05, 4.69) is 59.4 Å². The van der Waals surface area contributed by atoms with Crippen molar-refractivity contribution in [1.82, 2.24) is 10.3 Å². The molecule has 138 valence electrons. The number of pyridine rings is 1. The van der Waals surface area contributed by atoms with Crippen molar-refractivity contribution in [3.63, 3.8) is 0 Å². The highest BCUT2D eigenvalue weighted by Gasteiger charge is 2.29. The summed E-state index contributed by atoms with van der Waals surface area (Å²) in [5.41, 5.74) is 3.86. The lowest BCUT2D eigenvalue weighted by Crippen LogP contribution is -2.30. The lowest BCUT2D eigenvalue weighted by Gasteiger charge is -2.27. The van der Waals surface area contributed by atoms with Crippen molar-refractivity contribution in [2.45, 2.75) is 58.2 Å². The first-order chi connectivity index (χ1) is 12.6. The number of aromatic nitrogens is 1. The normalized spacial score (nSPS) is 18.5. The Hall–Kier alpha value is -2.07. The van der Waals surface area contributed by atoms with Gasteiger partial charge in [0.25, 0.3) is 0 Å². The van der Waals surface area contributed by atoms with Crippen molar-refractivity contribution < 1.29 is 4.74 Å². The lowest BCUT2D eigenvalue weighted by atomic mass is 10.0. The van der Waals surface area contributed by atoms with Crippen molar-refractivity contribution in [1.29, 1.82) is 0 Å². The number of rotatable bonds is 5. The quantitative estimate of drug-likeness (QED) is 0.881. The third kappa shape index (κ3) is 4.01. The largest absolute Gasteiger partial charge is 0.487 e. The smallest absolute Gasteiger partial charge is 0.128 e. The number of ether oxygens (including phenoxy) is 1. The molecule has 2 aliphatic rings. The van der Waals surface area contributed by atoms with Crippen LogP contribution in [0.2, 0.25) is 0 Å². The summed E-state index contributed by atoms with van der Waals surface area (Å²) in [7, 11) is 0. The number of nitrogens with one attached hydrogen (secondary N) is 1. The molecule has 4 nitrogen and oxygen atoms in total. The van der Waals surface area contributed by atoms with Crippen LogP contribution in [0.4, 0.5) is 5.82 Å². The van der Waals surface area contributed by atoms with E-state index in [-0.39, 0.29) is 5.60 Å². The van der Waals surface area contributed by atoms with Crippen LogP contribution in [0.3, 0.4) is 0 Å². The number of benzene rings is 1. The van der Waals surface area contributed by atoms with Crippen LogP contribution in [0.1, 0.15) is 49.8 Å². The first-order valence-electron chi connectivity index (χ1n) is 9.80. The molecule has 0 radical (unpaired) electrons. The van der Waals surface area contributed by atoms with Crippen molar-refractivity contribution in [3.05, 3.63) is 53.2 Å². The fourth-order valence-corrected chi connectivity index (χ4v) is 3.99. The SMILES string of the molecule is CC1(C)Cc2cc(CNCc3ccnc(N4CCCCC4)c3)ccc2O1. The van der Waals surface area contributed by atoms with Gasteiger partial charge in [-0.25, -0.2) is 4.98 Å². The molecule has 0 amide bonds. The highest BCUT2D eigenvalue weighted by atomic mass is 16.5. The third-order valence-corrected chi connectivity index (χ3v) is 5.28. The van der Waals surface area contributed by atoms with Gasteiger partial charge in [-0.1, -0.05) is 12.1 Å². The Balaban J connectivity index is 1.34. The number of anilines is 1. The second kappa shape index (κ2) is 7.28. The molecule has 0 bridgehead atoms. The van der Waals surface area contributed by atoms with Crippen molar-refractivity contribution >= 4 is 5.82 Å². The van der Waals surface area contributed by atoms with Crippen LogP contribution in [-0.2, 0) is 19.5 Å². The monoisotopic (exact) mass is 351 g/mol.